The van der Waals surface area contributed by atoms with E-state index in [1.807, 2.05) is 6.07 Å². The number of thiophene rings is 1. The fourth-order valence-electron chi connectivity index (χ4n) is 2.27. The highest BCUT2D eigenvalue weighted by Crippen LogP contribution is 2.31. The van der Waals surface area contributed by atoms with E-state index in [-0.39, 0.29) is 6.04 Å². The maximum absolute atomic E-state index is 6.32. The first kappa shape index (κ1) is 10.8. The summed E-state index contributed by atoms with van der Waals surface area (Å²) >= 11 is 1.71. The van der Waals surface area contributed by atoms with Gasteiger partial charge in [0.25, 0.3) is 0 Å². The average Bonchev–Trinajstić information content (AvgIpc) is 2.95. The van der Waals surface area contributed by atoms with E-state index in [0.29, 0.717) is 0 Å². The first-order chi connectivity index (χ1) is 8.25. The highest BCUT2D eigenvalue weighted by molar-refractivity contribution is 7.08. The SMILES string of the molecule is Cc1cscc1C(N)c1ccc2c(c1)CCO2. The van der Waals surface area contributed by atoms with E-state index >= 15 is 0 Å². The number of ether oxygens (including phenoxy) is 1. The maximum Gasteiger partial charge on any atom is 0.122 e. The van der Waals surface area contributed by atoms with E-state index in [1.165, 1.54) is 22.3 Å². The first-order valence-electron chi connectivity index (χ1n) is 5.79. The third-order valence-electron chi connectivity index (χ3n) is 3.30. The summed E-state index contributed by atoms with van der Waals surface area (Å²) in [5.74, 6) is 1.02. The second-order valence-corrected chi connectivity index (χ2v) is 5.20. The molecule has 0 aliphatic carbocycles. The van der Waals surface area contributed by atoms with Crippen LogP contribution in [0.15, 0.2) is 29.0 Å². The molecule has 1 aromatic heterocycles. The fraction of sp³-hybridized carbons (Fsp3) is 0.286. The van der Waals surface area contributed by atoms with Gasteiger partial charge in [-0.3, -0.25) is 0 Å². The third kappa shape index (κ3) is 1.85. The van der Waals surface area contributed by atoms with Crippen LogP contribution in [0.5, 0.6) is 5.75 Å². The number of hydrogen-bond donors (Lipinski definition) is 1. The second-order valence-electron chi connectivity index (χ2n) is 4.45. The molecule has 1 atom stereocenters. The standard InChI is InChI=1S/C14H15NOS/c1-9-7-17-8-12(9)14(15)11-2-3-13-10(6-11)4-5-16-13/h2-3,6-8,14H,4-5,15H2,1H3. The Hall–Kier alpha value is -1.32. The Labute approximate surface area is 105 Å². The Balaban J connectivity index is 1.97. The van der Waals surface area contributed by atoms with Gasteiger partial charge < -0.3 is 10.5 Å². The molecular formula is C14H15NOS. The molecule has 1 aliphatic heterocycles. The lowest BCUT2D eigenvalue weighted by molar-refractivity contribution is 0.357. The van der Waals surface area contributed by atoms with Crippen LogP contribution in [0.3, 0.4) is 0 Å². The molecule has 1 aliphatic rings. The largest absolute Gasteiger partial charge is 0.493 e. The van der Waals surface area contributed by atoms with Crippen molar-refractivity contribution in [1.29, 1.82) is 0 Å². The van der Waals surface area contributed by atoms with Crippen LogP contribution in [0, 0.1) is 6.92 Å². The van der Waals surface area contributed by atoms with Gasteiger partial charge in [0.05, 0.1) is 12.6 Å². The Morgan fingerprint density at radius 2 is 2.24 bits per heavy atom. The van der Waals surface area contributed by atoms with Gasteiger partial charge in [0.1, 0.15) is 5.75 Å². The molecule has 88 valence electrons. The predicted molar refractivity (Wildman–Crippen MR) is 70.7 cm³/mol. The summed E-state index contributed by atoms with van der Waals surface area (Å²) in [6, 6.07) is 6.28. The summed E-state index contributed by atoms with van der Waals surface area (Å²) in [7, 11) is 0. The van der Waals surface area contributed by atoms with E-state index in [9.17, 15) is 0 Å². The van der Waals surface area contributed by atoms with Crippen molar-refractivity contribution >= 4 is 11.3 Å². The van der Waals surface area contributed by atoms with Gasteiger partial charge in [0.2, 0.25) is 0 Å². The minimum absolute atomic E-state index is 0.0212. The van der Waals surface area contributed by atoms with Gasteiger partial charge >= 0.3 is 0 Å². The fourth-order valence-corrected chi connectivity index (χ4v) is 3.16. The Bertz CT molecular complexity index is 547. The molecule has 1 unspecified atom stereocenters. The molecule has 2 heterocycles. The van der Waals surface area contributed by atoms with Crippen molar-refractivity contribution in [3.8, 4) is 5.75 Å². The molecule has 2 aromatic rings. The summed E-state index contributed by atoms with van der Waals surface area (Å²) < 4.78 is 5.51. The molecule has 0 bridgehead atoms. The third-order valence-corrected chi connectivity index (χ3v) is 4.18. The van der Waals surface area contributed by atoms with Crippen LogP contribution >= 0.6 is 11.3 Å². The van der Waals surface area contributed by atoms with Crippen LogP contribution in [0.1, 0.15) is 28.3 Å². The Morgan fingerprint density at radius 3 is 3.00 bits per heavy atom. The van der Waals surface area contributed by atoms with E-state index < -0.39 is 0 Å². The first-order valence-corrected chi connectivity index (χ1v) is 6.74. The topological polar surface area (TPSA) is 35.2 Å². The summed E-state index contributed by atoms with van der Waals surface area (Å²) in [6.45, 7) is 2.91. The van der Waals surface area contributed by atoms with Gasteiger partial charge in [0.15, 0.2) is 0 Å². The quantitative estimate of drug-likeness (QED) is 0.882. The van der Waals surface area contributed by atoms with Crippen LogP contribution in [0.2, 0.25) is 0 Å². The highest BCUT2D eigenvalue weighted by Gasteiger charge is 2.17. The molecule has 1 aromatic carbocycles. The number of rotatable bonds is 2. The lowest BCUT2D eigenvalue weighted by atomic mass is 9.97. The smallest absolute Gasteiger partial charge is 0.122 e. The molecule has 3 rings (SSSR count). The molecule has 0 amide bonds. The monoisotopic (exact) mass is 245 g/mol. The zero-order valence-electron chi connectivity index (χ0n) is 9.77. The highest BCUT2D eigenvalue weighted by atomic mass is 32.1. The van der Waals surface area contributed by atoms with Crippen molar-refractivity contribution in [2.45, 2.75) is 19.4 Å². The van der Waals surface area contributed by atoms with Crippen LogP contribution in [-0.4, -0.2) is 6.61 Å². The van der Waals surface area contributed by atoms with E-state index in [0.717, 1.165) is 18.8 Å². The molecule has 0 radical (unpaired) electrons. The second kappa shape index (κ2) is 4.17. The molecule has 0 saturated heterocycles. The van der Waals surface area contributed by atoms with Crippen molar-refractivity contribution in [1.82, 2.24) is 0 Å². The van der Waals surface area contributed by atoms with Gasteiger partial charge in [0, 0.05) is 6.42 Å². The van der Waals surface area contributed by atoms with Gasteiger partial charge in [-0.1, -0.05) is 12.1 Å². The van der Waals surface area contributed by atoms with Gasteiger partial charge in [-0.05, 0) is 46.0 Å². The van der Waals surface area contributed by atoms with E-state index in [4.69, 9.17) is 10.5 Å². The summed E-state index contributed by atoms with van der Waals surface area (Å²) in [4.78, 5) is 0. The number of fused-ring (bicyclic) bond motifs is 1. The average molecular weight is 245 g/mol. The molecule has 2 nitrogen and oxygen atoms in total. The molecular weight excluding hydrogens is 230 g/mol. The summed E-state index contributed by atoms with van der Waals surface area (Å²) in [6.07, 6.45) is 0.999. The normalized spacial score (nSPS) is 15.4. The van der Waals surface area contributed by atoms with Gasteiger partial charge in [-0.2, -0.15) is 11.3 Å². The summed E-state index contributed by atoms with van der Waals surface area (Å²) in [5, 5.41) is 4.29. The van der Waals surface area contributed by atoms with Crippen LogP contribution < -0.4 is 10.5 Å². The molecule has 2 N–H and O–H groups in total. The van der Waals surface area contributed by atoms with Crippen LogP contribution in [0.25, 0.3) is 0 Å². The zero-order valence-corrected chi connectivity index (χ0v) is 10.6. The Kier molecular flexibility index (Phi) is 2.65. The van der Waals surface area contributed by atoms with Crippen molar-refractivity contribution in [2.24, 2.45) is 5.73 Å². The van der Waals surface area contributed by atoms with Crippen LogP contribution in [0.4, 0.5) is 0 Å². The van der Waals surface area contributed by atoms with Crippen molar-refractivity contribution in [2.75, 3.05) is 6.61 Å². The molecule has 0 fully saturated rings. The lowest BCUT2D eigenvalue weighted by Gasteiger charge is -2.13. The van der Waals surface area contributed by atoms with E-state index in [1.54, 1.807) is 11.3 Å². The number of aryl methyl sites for hydroxylation is 1. The van der Waals surface area contributed by atoms with Crippen molar-refractivity contribution < 1.29 is 4.74 Å². The van der Waals surface area contributed by atoms with E-state index in [2.05, 4.69) is 29.8 Å². The summed E-state index contributed by atoms with van der Waals surface area (Å²) in [5.41, 5.74) is 11.3. The van der Waals surface area contributed by atoms with Gasteiger partial charge in [-0.15, -0.1) is 0 Å². The Morgan fingerprint density at radius 1 is 1.35 bits per heavy atom. The van der Waals surface area contributed by atoms with Crippen molar-refractivity contribution in [3.05, 3.63) is 51.2 Å². The number of nitrogens with two attached hydrogens (primary N) is 1. The molecule has 0 saturated carbocycles. The minimum Gasteiger partial charge on any atom is -0.493 e. The molecule has 3 heteroatoms. The molecule has 17 heavy (non-hydrogen) atoms. The van der Waals surface area contributed by atoms with Gasteiger partial charge in [-0.25, -0.2) is 0 Å². The zero-order chi connectivity index (χ0) is 11.8. The lowest BCUT2D eigenvalue weighted by Crippen LogP contribution is -2.12. The maximum atomic E-state index is 6.32. The predicted octanol–water partition coefficient (Wildman–Crippen LogP) is 3.04. The van der Waals surface area contributed by atoms with Crippen molar-refractivity contribution in [3.63, 3.8) is 0 Å². The minimum atomic E-state index is -0.0212. The van der Waals surface area contributed by atoms with Crippen LogP contribution in [-0.2, 0) is 6.42 Å². The molecule has 0 spiro atoms. The number of benzene rings is 1. The number of hydrogen-bond acceptors (Lipinski definition) is 3.